The van der Waals surface area contributed by atoms with E-state index in [2.05, 4.69) is 46.0 Å². The third-order valence-corrected chi connectivity index (χ3v) is 7.25. The molecule has 33 heavy (non-hydrogen) atoms. The van der Waals surface area contributed by atoms with Crippen LogP contribution in [0.5, 0.6) is 0 Å². The van der Waals surface area contributed by atoms with E-state index in [1.807, 2.05) is 18.2 Å². The van der Waals surface area contributed by atoms with Crippen LogP contribution in [-0.2, 0) is 4.79 Å². The van der Waals surface area contributed by atoms with Crippen LogP contribution in [0.3, 0.4) is 0 Å². The summed E-state index contributed by atoms with van der Waals surface area (Å²) in [6, 6.07) is 17.5. The second-order valence-electron chi connectivity index (χ2n) is 7.95. The molecule has 0 radical (unpaired) electrons. The van der Waals surface area contributed by atoms with Crippen molar-refractivity contribution in [3.05, 3.63) is 80.9 Å². The number of amides is 1. The number of carbonyl (C=O) groups is 1. The van der Waals surface area contributed by atoms with Gasteiger partial charge in [0.25, 0.3) is 5.91 Å². The summed E-state index contributed by atoms with van der Waals surface area (Å²) >= 11 is 13.7. The zero-order chi connectivity index (χ0) is 22.9. The molecule has 0 saturated carbocycles. The second-order valence-corrected chi connectivity index (χ2v) is 9.80. The molecule has 3 heterocycles. The molecule has 5 rings (SSSR count). The minimum absolute atomic E-state index is 0.238. The number of hydrogen-bond donors (Lipinski definition) is 0. The molecule has 2 aliphatic rings. The average molecular weight is 498 g/mol. The number of nitrogens with zero attached hydrogens (tertiary/aromatic N) is 3. The first-order valence-corrected chi connectivity index (χ1v) is 12.2. The van der Waals surface area contributed by atoms with Gasteiger partial charge in [0, 0.05) is 48.5 Å². The van der Waals surface area contributed by atoms with Gasteiger partial charge in [-0.2, -0.15) is 4.99 Å². The zero-order valence-corrected chi connectivity index (χ0v) is 20.3. The van der Waals surface area contributed by atoms with E-state index in [1.54, 1.807) is 18.2 Å². The molecule has 0 bridgehead atoms. The van der Waals surface area contributed by atoms with Crippen molar-refractivity contribution >= 4 is 57.8 Å². The summed E-state index contributed by atoms with van der Waals surface area (Å²) in [6.07, 6.45) is 1.74. The standard InChI is InChI=1S/C25H21Cl2N3O2S/c1-16-2-5-18(6-3-16)29-10-12-30(13-11-29)25-28-24(31)23(33-25)15-19-7-9-22(32-19)20-8-4-17(26)14-21(20)27/h2-9,14-15H,10-13H2,1H3. The summed E-state index contributed by atoms with van der Waals surface area (Å²) in [5.74, 6) is 0.957. The lowest BCUT2D eigenvalue weighted by Gasteiger charge is -2.36. The molecule has 0 unspecified atom stereocenters. The van der Waals surface area contributed by atoms with E-state index in [9.17, 15) is 4.79 Å². The summed E-state index contributed by atoms with van der Waals surface area (Å²) in [7, 11) is 0. The van der Waals surface area contributed by atoms with Crippen LogP contribution in [0.2, 0.25) is 10.0 Å². The SMILES string of the molecule is Cc1ccc(N2CCN(C3=NC(=O)C(=Cc4ccc(-c5ccc(Cl)cc5Cl)o4)S3)CC2)cc1. The van der Waals surface area contributed by atoms with Crippen LogP contribution in [0.4, 0.5) is 5.69 Å². The maximum atomic E-state index is 12.5. The van der Waals surface area contributed by atoms with Gasteiger partial charge in [-0.25, -0.2) is 0 Å². The van der Waals surface area contributed by atoms with Gasteiger partial charge in [-0.3, -0.25) is 4.79 Å². The van der Waals surface area contributed by atoms with E-state index in [0.29, 0.717) is 26.5 Å². The Hall–Kier alpha value is -2.67. The van der Waals surface area contributed by atoms with E-state index >= 15 is 0 Å². The van der Waals surface area contributed by atoms with Crippen molar-refractivity contribution < 1.29 is 9.21 Å². The molecule has 3 aromatic rings. The molecule has 8 heteroatoms. The predicted octanol–water partition coefficient (Wildman–Crippen LogP) is 6.35. The van der Waals surface area contributed by atoms with E-state index in [-0.39, 0.29) is 5.91 Å². The van der Waals surface area contributed by atoms with E-state index in [1.165, 1.54) is 23.0 Å². The molecule has 1 saturated heterocycles. The predicted molar refractivity (Wildman–Crippen MR) is 137 cm³/mol. The number of anilines is 1. The quantitative estimate of drug-likeness (QED) is 0.394. The van der Waals surface area contributed by atoms with Crippen molar-refractivity contribution in [2.75, 3.05) is 31.1 Å². The van der Waals surface area contributed by atoms with E-state index < -0.39 is 0 Å². The molecule has 1 fully saturated rings. The highest BCUT2D eigenvalue weighted by atomic mass is 35.5. The molecule has 168 valence electrons. The number of benzene rings is 2. The Kier molecular flexibility index (Phi) is 6.23. The lowest BCUT2D eigenvalue weighted by atomic mass is 10.2. The van der Waals surface area contributed by atoms with Crippen LogP contribution < -0.4 is 4.90 Å². The number of amidine groups is 1. The van der Waals surface area contributed by atoms with Gasteiger partial charge in [0.1, 0.15) is 11.5 Å². The Labute approximate surface area is 206 Å². The summed E-state index contributed by atoms with van der Waals surface area (Å²) in [5, 5.41) is 1.83. The number of furan rings is 1. The Morgan fingerprint density at radius 1 is 0.970 bits per heavy atom. The van der Waals surface area contributed by atoms with Crippen molar-refractivity contribution in [2.45, 2.75) is 6.92 Å². The molecule has 2 aliphatic heterocycles. The highest BCUT2D eigenvalue weighted by molar-refractivity contribution is 8.18. The van der Waals surface area contributed by atoms with Gasteiger partial charge in [-0.1, -0.05) is 40.9 Å². The average Bonchev–Trinajstić information content (AvgIpc) is 3.41. The fourth-order valence-corrected chi connectivity index (χ4v) is 5.29. The monoisotopic (exact) mass is 497 g/mol. The Bertz CT molecular complexity index is 1260. The molecule has 5 nitrogen and oxygen atoms in total. The van der Waals surface area contributed by atoms with E-state index in [0.717, 1.165) is 36.9 Å². The fraction of sp³-hybridized carbons (Fsp3) is 0.200. The fourth-order valence-electron chi connectivity index (χ4n) is 3.84. The lowest BCUT2D eigenvalue weighted by molar-refractivity contribution is -0.113. The van der Waals surface area contributed by atoms with Gasteiger partial charge >= 0.3 is 0 Å². The molecular formula is C25H21Cl2N3O2S. The van der Waals surface area contributed by atoms with E-state index in [4.69, 9.17) is 27.6 Å². The number of aryl methyl sites for hydroxylation is 1. The number of carbonyl (C=O) groups excluding carboxylic acids is 1. The van der Waals surface area contributed by atoms with Crippen molar-refractivity contribution in [2.24, 2.45) is 4.99 Å². The first kappa shape index (κ1) is 22.1. The highest BCUT2D eigenvalue weighted by Gasteiger charge is 2.29. The van der Waals surface area contributed by atoms with Crippen LogP contribution >= 0.6 is 35.0 Å². The molecular weight excluding hydrogens is 477 g/mol. The number of halogens is 2. The second kappa shape index (κ2) is 9.29. The number of aliphatic imine (C=N–C) groups is 1. The van der Waals surface area contributed by atoms with Crippen LogP contribution in [0.25, 0.3) is 17.4 Å². The van der Waals surface area contributed by atoms with Gasteiger partial charge in [0.2, 0.25) is 0 Å². The summed E-state index contributed by atoms with van der Waals surface area (Å²) in [4.78, 5) is 21.9. The largest absolute Gasteiger partial charge is 0.457 e. The van der Waals surface area contributed by atoms with Crippen molar-refractivity contribution in [3.8, 4) is 11.3 Å². The zero-order valence-electron chi connectivity index (χ0n) is 17.9. The van der Waals surface area contributed by atoms with Crippen molar-refractivity contribution in [1.82, 2.24) is 4.90 Å². The third-order valence-electron chi connectivity index (χ3n) is 5.66. The smallest absolute Gasteiger partial charge is 0.286 e. The first-order chi connectivity index (χ1) is 16.0. The minimum atomic E-state index is -0.238. The lowest BCUT2D eigenvalue weighted by Crippen LogP contribution is -2.47. The summed E-state index contributed by atoms with van der Waals surface area (Å²) in [6.45, 7) is 5.51. The number of hydrogen-bond acceptors (Lipinski definition) is 5. The Morgan fingerprint density at radius 2 is 1.70 bits per heavy atom. The molecule has 2 aromatic carbocycles. The maximum absolute atomic E-state index is 12.5. The van der Waals surface area contributed by atoms with Crippen LogP contribution in [0.15, 0.2) is 68.9 Å². The molecule has 0 spiro atoms. The van der Waals surface area contributed by atoms with Crippen molar-refractivity contribution in [3.63, 3.8) is 0 Å². The highest BCUT2D eigenvalue weighted by Crippen LogP contribution is 2.34. The van der Waals surface area contributed by atoms with Gasteiger partial charge in [0.15, 0.2) is 5.17 Å². The van der Waals surface area contributed by atoms with Gasteiger partial charge in [-0.05, 0) is 61.2 Å². The Morgan fingerprint density at radius 3 is 2.42 bits per heavy atom. The normalized spacial score (nSPS) is 17.7. The minimum Gasteiger partial charge on any atom is -0.457 e. The van der Waals surface area contributed by atoms with Crippen LogP contribution in [0, 0.1) is 6.92 Å². The molecule has 1 aromatic heterocycles. The molecule has 0 aliphatic carbocycles. The van der Waals surface area contributed by atoms with Crippen molar-refractivity contribution in [1.29, 1.82) is 0 Å². The topological polar surface area (TPSA) is 49.0 Å². The molecule has 0 atom stereocenters. The van der Waals surface area contributed by atoms with Crippen LogP contribution in [-0.4, -0.2) is 42.2 Å². The summed E-state index contributed by atoms with van der Waals surface area (Å²) < 4.78 is 5.91. The van der Waals surface area contributed by atoms with Gasteiger partial charge < -0.3 is 14.2 Å². The van der Waals surface area contributed by atoms with Gasteiger partial charge in [0.05, 0.1) is 9.93 Å². The Balaban J connectivity index is 1.24. The summed E-state index contributed by atoms with van der Waals surface area (Å²) in [5.41, 5.74) is 3.23. The number of thioether (sulfide) groups is 1. The molecule has 1 amide bonds. The first-order valence-electron chi connectivity index (χ1n) is 10.6. The van der Waals surface area contributed by atoms with Crippen LogP contribution in [0.1, 0.15) is 11.3 Å². The number of rotatable bonds is 3. The third kappa shape index (κ3) is 4.83. The number of piperazine rings is 1. The van der Waals surface area contributed by atoms with Gasteiger partial charge in [-0.15, -0.1) is 0 Å². The maximum Gasteiger partial charge on any atom is 0.286 e. The molecule has 0 N–H and O–H groups in total.